The van der Waals surface area contributed by atoms with Crippen LogP contribution in [0.5, 0.6) is 0 Å². The first-order valence-electron chi connectivity index (χ1n) is 18.6. The quantitative estimate of drug-likeness (QED) is 0.160. The van der Waals surface area contributed by atoms with E-state index < -0.39 is 35.8 Å². The summed E-state index contributed by atoms with van der Waals surface area (Å²) in [5, 5.41) is 10.0. The molecule has 284 valence electrons. The Bertz CT molecular complexity index is 1210. The summed E-state index contributed by atoms with van der Waals surface area (Å²) >= 11 is 0. The maximum Gasteiger partial charge on any atom is 0.314 e. The van der Waals surface area contributed by atoms with Gasteiger partial charge >= 0.3 is 5.97 Å². The highest BCUT2D eigenvalue weighted by Crippen LogP contribution is 2.31. The number of Topliss-reactive ketones (excluding diaryl/α,β-unsaturated/α-hetero) is 2. The summed E-state index contributed by atoms with van der Waals surface area (Å²) in [5.74, 6) is -3.02. The number of methoxy groups -OCH3 is 2. The Morgan fingerprint density at radius 2 is 1.54 bits per heavy atom. The van der Waals surface area contributed by atoms with E-state index in [-0.39, 0.29) is 66.3 Å². The summed E-state index contributed by atoms with van der Waals surface area (Å²) in [4.78, 5) is 60.1. The van der Waals surface area contributed by atoms with E-state index in [0.29, 0.717) is 19.5 Å². The number of ether oxygens (including phenoxy) is 2. The van der Waals surface area contributed by atoms with Crippen LogP contribution in [-0.4, -0.2) is 122 Å². The number of hydrogen-bond acceptors (Lipinski definition) is 8. The Morgan fingerprint density at radius 3 is 2.02 bits per heavy atom. The third kappa shape index (κ3) is 11.2. The highest BCUT2D eigenvalue weighted by Gasteiger charge is 2.44. The minimum Gasteiger partial charge on any atom is -0.481 e. The van der Waals surface area contributed by atoms with Crippen molar-refractivity contribution in [1.82, 2.24) is 14.7 Å². The zero-order chi connectivity index (χ0) is 37.9. The fourth-order valence-electron chi connectivity index (χ4n) is 8.20. The van der Waals surface area contributed by atoms with Gasteiger partial charge in [0.15, 0.2) is 11.6 Å². The number of carbonyl (C=O) groups is 4. The Kier molecular flexibility index (Phi) is 17.7. The highest BCUT2D eigenvalue weighted by atomic mass is 16.5. The topological polar surface area (TPSA) is 117 Å². The van der Waals surface area contributed by atoms with Gasteiger partial charge in [-0.3, -0.25) is 29.0 Å². The van der Waals surface area contributed by atoms with Gasteiger partial charge in [0, 0.05) is 45.2 Å². The molecule has 0 aliphatic carbocycles. The maximum atomic E-state index is 14.2. The van der Waals surface area contributed by atoms with Gasteiger partial charge in [0.1, 0.15) is 5.92 Å². The zero-order valence-corrected chi connectivity index (χ0v) is 32.9. The first kappa shape index (κ1) is 43.5. The third-order valence-corrected chi connectivity index (χ3v) is 11.1. The van der Waals surface area contributed by atoms with Gasteiger partial charge in [-0.25, -0.2) is 0 Å². The highest BCUT2D eigenvalue weighted by molar-refractivity contribution is 6.00. The van der Waals surface area contributed by atoms with Crippen LogP contribution >= 0.6 is 0 Å². The molecule has 1 fully saturated rings. The van der Waals surface area contributed by atoms with Crippen LogP contribution in [0.1, 0.15) is 79.7 Å². The first-order valence-corrected chi connectivity index (χ1v) is 18.6. The van der Waals surface area contributed by atoms with Crippen molar-refractivity contribution < 1.29 is 33.8 Å². The minimum absolute atomic E-state index is 0.0780. The largest absolute Gasteiger partial charge is 0.481 e. The van der Waals surface area contributed by atoms with Gasteiger partial charge in [-0.15, -0.1) is 0 Å². The Balaban J connectivity index is 2.30. The molecule has 1 aliphatic rings. The summed E-state index contributed by atoms with van der Waals surface area (Å²) in [6.45, 7) is 15.5. The van der Waals surface area contributed by atoms with E-state index >= 15 is 0 Å². The average Bonchev–Trinajstić information content (AvgIpc) is 3.55. The number of carboxylic acid groups (broad SMARTS) is 1. The fourth-order valence-corrected chi connectivity index (χ4v) is 8.20. The van der Waals surface area contributed by atoms with Crippen molar-refractivity contribution in [2.75, 3.05) is 48.5 Å². The van der Waals surface area contributed by atoms with Crippen LogP contribution in [0.2, 0.25) is 0 Å². The van der Waals surface area contributed by atoms with E-state index in [4.69, 9.17) is 9.47 Å². The van der Waals surface area contributed by atoms with Crippen molar-refractivity contribution in [1.29, 1.82) is 0 Å². The van der Waals surface area contributed by atoms with Gasteiger partial charge in [0.25, 0.3) is 0 Å². The first-order chi connectivity index (χ1) is 23.5. The normalized spacial score (nSPS) is 20.1. The zero-order valence-electron chi connectivity index (χ0n) is 32.9. The van der Waals surface area contributed by atoms with E-state index in [1.54, 1.807) is 14.0 Å². The monoisotopic (exact) mass is 701 g/mol. The lowest BCUT2D eigenvalue weighted by atomic mass is 9.82. The lowest BCUT2D eigenvalue weighted by Gasteiger charge is -2.41. The SMILES string of the molecule is CC[C@H](C)[C@@H]([C@@H](CC(=O)N1CCC[C@H]1[C@H](OC)[C@@H](C)C(=O)[C@H](Cc1ccccc1)C(=O)O)OC)N(C)C[C@@H](C(=O)[C@H](C(C)C)N(C)C)C(C)C. The Labute approximate surface area is 302 Å². The average molecular weight is 702 g/mol. The van der Waals surface area contributed by atoms with Gasteiger partial charge in [-0.1, -0.05) is 85.2 Å². The van der Waals surface area contributed by atoms with E-state index in [2.05, 4.69) is 46.4 Å². The second kappa shape index (κ2) is 20.4. The molecule has 1 saturated heterocycles. The van der Waals surface area contributed by atoms with Crippen LogP contribution < -0.4 is 0 Å². The van der Waals surface area contributed by atoms with Crippen molar-refractivity contribution in [2.24, 2.45) is 35.5 Å². The number of amides is 1. The number of benzene rings is 1. The predicted octanol–water partition coefficient (Wildman–Crippen LogP) is 5.32. The molecule has 10 heteroatoms. The summed E-state index contributed by atoms with van der Waals surface area (Å²) in [6, 6.07) is 8.49. The molecule has 0 bridgehead atoms. The van der Waals surface area contributed by atoms with Gasteiger partial charge in [-0.05, 0) is 63.7 Å². The van der Waals surface area contributed by atoms with Crippen LogP contribution in [0.4, 0.5) is 0 Å². The molecule has 1 aromatic carbocycles. The van der Waals surface area contributed by atoms with Crippen molar-refractivity contribution in [3.63, 3.8) is 0 Å². The lowest BCUT2D eigenvalue weighted by molar-refractivity contribution is -0.151. The van der Waals surface area contributed by atoms with E-state index in [9.17, 15) is 24.3 Å². The van der Waals surface area contributed by atoms with E-state index in [1.165, 1.54) is 7.11 Å². The number of likely N-dealkylation sites (N-methyl/N-ethyl adjacent to an activating group) is 2. The van der Waals surface area contributed by atoms with Gasteiger partial charge in [-0.2, -0.15) is 0 Å². The number of hydrogen-bond donors (Lipinski definition) is 1. The number of aliphatic carboxylic acids is 1. The molecule has 0 unspecified atom stereocenters. The molecule has 0 spiro atoms. The maximum absolute atomic E-state index is 14.2. The molecular formula is C40H67N3O7. The molecule has 2 rings (SSSR count). The number of likely N-dealkylation sites (tertiary alicyclic amines) is 1. The molecule has 0 aromatic heterocycles. The molecule has 10 nitrogen and oxygen atoms in total. The standard InChI is InChI=1S/C40H67N3O7/c1-13-27(6)36(42(10)24-31(25(2)3)38(46)35(26(4)5)41(8)9)33(49-11)23-34(44)43-21-17-20-32(43)39(50-12)28(7)37(45)30(40(47)48)22-29-18-15-14-16-19-29/h14-16,18-19,25-28,30-33,35-36,39H,13,17,20-24H2,1-12H3,(H,47,48)/t27-,28-,30-,31+,32-,33+,35-,36-,39+/m0/s1. The van der Waals surface area contributed by atoms with Gasteiger partial charge < -0.3 is 19.5 Å². The fraction of sp³-hybridized carbons (Fsp3) is 0.750. The van der Waals surface area contributed by atoms with E-state index in [0.717, 1.165) is 18.4 Å². The summed E-state index contributed by atoms with van der Waals surface area (Å²) in [5.41, 5.74) is 0.778. The third-order valence-electron chi connectivity index (χ3n) is 11.1. The van der Waals surface area contributed by atoms with Crippen LogP contribution in [0.15, 0.2) is 30.3 Å². The number of carbonyl (C=O) groups excluding carboxylic acids is 3. The molecule has 9 atom stereocenters. The van der Waals surface area contributed by atoms with Crippen LogP contribution in [-0.2, 0) is 35.1 Å². The Morgan fingerprint density at radius 1 is 0.920 bits per heavy atom. The second-order valence-electron chi connectivity index (χ2n) is 15.5. The van der Waals surface area contributed by atoms with Gasteiger partial charge in [0.05, 0.1) is 30.7 Å². The van der Waals surface area contributed by atoms with Crippen LogP contribution in [0.3, 0.4) is 0 Å². The summed E-state index contributed by atoms with van der Waals surface area (Å²) in [6.07, 6.45) is 1.46. The minimum atomic E-state index is -1.21. The molecule has 50 heavy (non-hydrogen) atoms. The van der Waals surface area contributed by atoms with Crippen molar-refractivity contribution in [2.45, 2.75) is 111 Å². The predicted molar refractivity (Wildman–Crippen MR) is 198 cm³/mol. The van der Waals surface area contributed by atoms with Gasteiger partial charge in [0.2, 0.25) is 5.91 Å². The molecule has 0 saturated carbocycles. The Hall–Kier alpha value is -2.66. The van der Waals surface area contributed by atoms with Crippen molar-refractivity contribution >= 4 is 23.4 Å². The van der Waals surface area contributed by atoms with E-state index in [1.807, 2.05) is 61.3 Å². The number of rotatable bonds is 22. The molecule has 1 aromatic rings. The van der Waals surface area contributed by atoms with Crippen molar-refractivity contribution in [3.8, 4) is 0 Å². The molecule has 0 radical (unpaired) electrons. The molecule has 1 amide bonds. The van der Waals surface area contributed by atoms with Crippen molar-refractivity contribution in [3.05, 3.63) is 35.9 Å². The number of carboxylic acids is 1. The smallest absolute Gasteiger partial charge is 0.314 e. The van der Waals surface area contributed by atoms with Crippen LogP contribution in [0, 0.1) is 35.5 Å². The second-order valence-corrected chi connectivity index (χ2v) is 15.5. The van der Waals surface area contributed by atoms with Crippen LogP contribution in [0.25, 0.3) is 0 Å². The molecule has 1 heterocycles. The lowest BCUT2D eigenvalue weighted by Crippen LogP contribution is -2.54. The molecular weight excluding hydrogens is 634 g/mol. The molecule has 1 aliphatic heterocycles. The summed E-state index contributed by atoms with van der Waals surface area (Å²) < 4.78 is 12.0. The number of ketones is 2. The number of nitrogens with zero attached hydrogens (tertiary/aromatic N) is 3. The summed E-state index contributed by atoms with van der Waals surface area (Å²) in [7, 11) is 9.14. The molecule has 1 N–H and O–H groups in total.